The second-order valence-corrected chi connectivity index (χ2v) is 6.76. The van der Waals surface area contributed by atoms with Crippen LogP contribution in [0.1, 0.15) is 35.3 Å². The molecule has 0 radical (unpaired) electrons. The number of carboxylic acid groups (broad SMARTS) is 1. The van der Waals surface area contributed by atoms with Gasteiger partial charge in [-0.3, -0.25) is 19.4 Å². The summed E-state index contributed by atoms with van der Waals surface area (Å²) >= 11 is 0. The van der Waals surface area contributed by atoms with E-state index in [4.69, 9.17) is 5.11 Å². The van der Waals surface area contributed by atoms with Crippen LogP contribution in [0, 0.1) is 5.82 Å². The maximum atomic E-state index is 13.1. The molecule has 9 nitrogen and oxygen atoms in total. The lowest BCUT2D eigenvalue weighted by Gasteiger charge is -2.18. The number of aliphatic carboxylic acids is 1. The van der Waals surface area contributed by atoms with Crippen LogP contribution in [-0.2, 0) is 9.59 Å². The standard InChI is InChI=1S/C22H26FN5O4/c1-3-25-22(24-2)27-17-6-4-5-15(11-17)21(32)26-13-19(29)28-18(12-20(30)31)14-7-9-16(23)10-8-14/h4-11,18H,3,12-13H2,1-2H3,(H,26,32)(H,28,29)(H,30,31)(H2,24,25,27). The number of aliphatic imine (C=N–C) groups is 1. The molecule has 2 amide bonds. The monoisotopic (exact) mass is 443 g/mol. The highest BCUT2D eigenvalue weighted by Gasteiger charge is 2.19. The maximum Gasteiger partial charge on any atom is 0.305 e. The van der Waals surface area contributed by atoms with Gasteiger partial charge in [0, 0.05) is 24.8 Å². The second-order valence-electron chi connectivity index (χ2n) is 6.76. The molecule has 0 saturated heterocycles. The summed E-state index contributed by atoms with van der Waals surface area (Å²) in [5.41, 5.74) is 1.41. The van der Waals surface area contributed by atoms with E-state index in [0.717, 1.165) is 0 Å². The van der Waals surface area contributed by atoms with Crippen LogP contribution >= 0.6 is 0 Å². The predicted octanol–water partition coefficient (Wildman–Crippen LogP) is 1.89. The second kappa shape index (κ2) is 12.0. The number of nitrogens with zero attached hydrogens (tertiary/aromatic N) is 1. The highest BCUT2D eigenvalue weighted by molar-refractivity contribution is 5.99. The molecule has 0 saturated carbocycles. The molecule has 32 heavy (non-hydrogen) atoms. The summed E-state index contributed by atoms with van der Waals surface area (Å²) in [6.45, 7) is 2.25. The van der Waals surface area contributed by atoms with Crippen LogP contribution in [0.4, 0.5) is 10.1 Å². The fourth-order valence-corrected chi connectivity index (χ4v) is 2.85. The van der Waals surface area contributed by atoms with Gasteiger partial charge in [-0.15, -0.1) is 0 Å². The van der Waals surface area contributed by atoms with Crippen molar-refractivity contribution in [2.45, 2.75) is 19.4 Å². The first-order valence-corrected chi connectivity index (χ1v) is 9.95. The van der Waals surface area contributed by atoms with Gasteiger partial charge in [0.1, 0.15) is 5.82 Å². The van der Waals surface area contributed by atoms with Crippen LogP contribution in [-0.4, -0.2) is 49.0 Å². The molecule has 2 aromatic carbocycles. The van der Waals surface area contributed by atoms with Crippen LogP contribution in [0.5, 0.6) is 0 Å². The summed E-state index contributed by atoms with van der Waals surface area (Å²) in [6, 6.07) is 11.0. The number of hydrogen-bond acceptors (Lipinski definition) is 4. The molecule has 2 aromatic rings. The van der Waals surface area contributed by atoms with Gasteiger partial charge in [-0.2, -0.15) is 0 Å². The Balaban J connectivity index is 1.97. The van der Waals surface area contributed by atoms with Crippen molar-refractivity contribution >= 4 is 29.4 Å². The van der Waals surface area contributed by atoms with Gasteiger partial charge in [0.25, 0.3) is 5.91 Å². The molecular formula is C22H26FN5O4. The van der Waals surface area contributed by atoms with Crippen molar-refractivity contribution in [1.29, 1.82) is 0 Å². The Morgan fingerprint density at radius 2 is 1.81 bits per heavy atom. The molecule has 10 heteroatoms. The number of halogens is 1. The van der Waals surface area contributed by atoms with Gasteiger partial charge in [-0.25, -0.2) is 4.39 Å². The predicted molar refractivity (Wildman–Crippen MR) is 119 cm³/mol. The van der Waals surface area contributed by atoms with Gasteiger partial charge in [0.15, 0.2) is 5.96 Å². The Labute approximate surface area is 185 Å². The molecule has 0 bridgehead atoms. The fraction of sp³-hybridized carbons (Fsp3) is 0.273. The first-order chi connectivity index (χ1) is 15.3. The molecule has 1 atom stereocenters. The van der Waals surface area contributed by atoms with E-state index in [-0.39, 0.29) is 13.0 Å². The van der Waals surface area contributed by atoms with E-state index in [0.29, 0.717) is 29.3 Å². The van der Waals surface area contributed by atoms with E-state index >= 15 is 0 Å². The molecule has 0 aliphatic rings. The van der Waals surface area contributed by atoms with Gasteiger partial charge in [0.2, 0.25) is 5.91 Å². The number of carbonyl (C=O) groups excluding carboxylic acids is 2. The average Bonchev–Trinajstić information content (AvgIpc) is 2.77. The number of anilines is 1. The van der Waals surface area contributed by atoms with Crippen molar-refractivity contribution in [3.63, 3.8) is 0 Å². The lowest BCUT2D eigenvalue weighted by Crippen LogP contribution is -2.39. The van der Waals surface area contributed by atoms with Crippen LogP contribution in [0.2, 0.25) is 0 Å². The number of carboxylic acids is 1. The van der Waals surface area contributed by atoms with E-state index < -0.39 is 29.6 Å². The minimum atomic E-state index is -1.12. The third-order valence-corrected chi connectivity index (χ3v) is 4.35. The molecule has 0 fully saturated rings. The molecule has 0 spiro atoms. The first kappa shape index (κ1) is 24.3. The van der Waals surface area contributed by atoms with E-state index in [2.05, 4.69) is 26.3 Å². The van der Waals surface area contributed by atoms with Crippen molar-refractivity contribution in [2.75, 3.05) is 25.5 Å². The number of guanidine groups is 1. The van der Waals surface area contributed by atoms with Crippen molar-refractivity contribution in [3.05, 3.63) is 65.5 Å². The Bertz CT molecular complexity index is 979. The van der Waals surface area contributed by atoms with Crippen LogP contribution < -0.4 is 21.3 Å². The minimum absolute atomic E-state index is 0.329. The fourth-order valence-electron chi connectivity index (χ4n) is 2.85. The Kier molecular flexibility index (Phi) is 9.15. The van der Waals surface area contributed by atoms with E-state index in [1.807, 2.05) is 6.92 Å². The lowest BCUT2D eigenvalue weighted by molar-refractivity contribution is -0.137. The number of benzene rings is 2. The molecule has 0 heterocycles. The van der Waals surface area contributed by atoms with Gasteiger partial charge in [0.05, 0.1) is 19.0 Å². The summed E-state index contributed by atoms with van der Waals surface area (Å²) in [5.74, 6) is -2.09. The quantitative estimate of drug-likeness (QED) is 0.297. The summed E-state index contributed by atoms with van der Waals surface area (Å²) in [7, 11) is 1.63. The van der Waals surface area contributed by atoms with Crippen molar-refractivity contribution < 1.29 is 23.9 Å². The minimum Gasteiger partial charge on any atom is -0.481 e. The average molecular weight is 443 g/mol. The van der Waals surface area contributed by atoms with Gasteiger partial charge < -0.3 is 26.4 Å². The van der Waals surface area contributed by atoms with Gasteiger partial charge in [-0.1, -0.05) is 18.2 Å². The van der Waals surface area contributed by atoms with Crippen molar-refractivity contribution in [1.82, 2.24) is 16.0 Å². The summed E-state index contributed by atoms with van der Waals surface area (Å²) < 4.78 is 13.1. The number of amides is 2. The van der Waals surface area contributed by atoms with Gasteiger partial charge in [-0.05, 0) is 42.8 Å². The topological polar surface area (TPSA) is 132 Å². The Morgan fingerprint density at radius 1 is 1.09 bits per heavy atom. The molecule has 0 aliphatic heterocycles. The normalized spacial score (nSPS) is 11.9. The zero-order valence-corrected chi connectivity index (χ0v) is 17.8. The van der Waals surface area contributed by atoms with Crippen molar-refractivity contribution in [3.8, 4) is 0 Å². The zero-order valence-electron chi connectivity index (χ0n) is 17.8. The number of rotatable bonds is 9. The lowest BCUT2D eigenvalue weighted by atomic mass is 10.0. The molecule has 5 N–H and O–H groups in total. The third kappa shape index (κ3) is 7.71. The largest absolute Gasteiger partial charge is 0.481 e. The summed E-state index contributed by atoms with van der Waals surface area (Å²) in [5, 5.41) is 20.3. The highest BCUT2D eigenvalue weighted by Crippen LogP contribution is 2.17. The van der Waals surface area contributed by atoms with E-state index in [1.165, 1.54) is 24.3 Å². The van der Waals surface area contributed by atoms with Crippen LogP contribution in [0.15, 0.2) is 53.5 Å². The van der Waals surface area contributed by atoms with Crippen molar-refractivity contribution in [2.24, 2.45) is 4.99 Å². The molecule has 2 rings (SSSR count). The molecular weight excluding hydrogens is 417 g/mol. The maximum absolute atomic E-state index is 13.1. The smallest absolute Gasteiger partial charge is 0.305 e. The Morgan fingerprint density at radius 3 is 2.44 bits per heavy atom. The number of hydrogen-bond donors (Lipinski definition) is 5. The number of nitrogens with one attached hydrogen (secondary N) is 4. The molecule has 0 aliphatic carbocycles. The van der Waals surface area contributed by atoms with E-state index in [1.54, 1.807) is 31.3 Å². The molecule has 0 aromatic heterocycles. The third-order valence-electron chi connectivity index (χ3n) is 4.35. The van der Waals surface area contributed by atoms with Crippen LogP contribution in [0.25, 0.3) is 0 Å². The summed E-state index contributed by atoms with van der Waals surface area (Å²) in [4.78, 5) is 40.0. The highest BCUT2D eigenvalue weighted by atomic mass is 19.1. The van der Waals surface area contributed by atoms with Gasteiger partial charge >= 0.3 is 5.97 Å². The number of carbonyl (C=O) groups is 3. The zero-order chi connectivity index (χ0) is 23.5. The first-order valence-electron chi connectivity index (χ1n) is 9.95. The molecule has 170 valence electrons. The van der Waals surface area contributed by atoms with Crippen LogP contribution in [0.3, 0.4) is 0 Å². The SMILES string of the molecule is CCNC(=NC)Nc1cccc(C(=O)NCC(=O)NC(CC(=O)O)c2ccc(F)cc2)c1. The Hall–Kier alpha value is -3.95. The van der Waals surface area contributed by atoms with E-state index in [9.17, 15) is 18.8 Å². The molecule has 1 unspecified atom stereocenters. The summed E-state index contributed by atoms with van der Waals surface area (Å²) in [6.07, 6.45) is -0.383.